The van der Waals surface area contributed by atoms with E-state index in [1.54, 1.807) is 48.5 Å². The van der Waals surface area contributed by atoms with Gasteiger partial charge in [0.05, 0.1) is 37.8 Å². The van der Waals surface area contributed by atoms with Crippen LogP contribution in [0.4, 0.5) is 11.4 Å². The van der Waals surface area contributed by atoms with Gasteiger partial charge in [0.25, 0.3) is 0 Å². The summed E-state index contributed by atoms with van der Waals surface area (Å²) in [5.41, 5.74) is 0.839. The van der Waals surface area contributed by atoms with Gasteiger partial charge in [-0.05, 0) is 37.1 Å². The Labute approximate surface area is 338 Å². The van der Waals surface area contributed by atoms with E-state index in [0.29, 0.717) is 42.5 Å². The zero-order chi connectivity index (χ0) is 41.4. The molecule has 14 nitrogen and oxygen atoms in total. The second-order valence-electron chi connectivity index (χ2n) is 13.7. The fourth-order valence-electron chi connectivity index (χ4n) is 5.89. The molecular formula is C43H66N2O12. The van der Waals surface area contributed by atoms with Gasteiger partial charge in [0.2, 0.25) is 0 Å². The Morgan fingerprint density at radius 1 is 0.456 bits per heavy atom. The number of hydrogen-bond donors (Lipinski definition) is 2. The number of anilines is 2. The SMILES string of the molecule is CCCCCCCCOCCOC(=O)CN(CC(=O)O)c1ccccc1OCCCOc1ccccc1N(CC(=O)O)CC(=O)OCCOCCCCCCCC. The van der Waals surface area contributed by atoms with Crippen molar-refractivity contribution in [3.63, 3.8) is 0 Å². The van der Waals surface area contributed by atoms with E-state index in [1.807, 2.05) is 0 Å². The monoisotopic (exact) mass is 802 g/mol. The minimum absolute atomic E-state index is 0.0733. The van der Waals surface area contributed by atoms with E-state index in [2.05, 4.69) is 13.8 Å². The molecule has 0 aliphatic heterocycles. The Kier molecular flexibility index (Phi) is 26.9. The standard InChI is InChI=1S/C43H66N2O12/c1-3-5-7-9-11-17-24-52-28-30-56-42(50)34-44(32-40(46)47)36-20-13-15-22-38(36)54-26-19-27-55-39-23-16-14-21-37(39)45(33-41(48)49)35-43(51)57-31-29-53-25-18-12-10-8-6-4-2/h13-16,20-23H,3-12,17-19,24-35H2,1-2H3,(H,46,47)(H,48,49). The molecule has 320 valence electrons. The number of rotatable bonds is 36. The van der Waals surface area contributed by atoms with Gasteiger partial charge in [-0.25, -0.2) is 0 Å². The van der Waals surface area contributed by atoms with Crippen LogP contribution in [0, 0.1) is 0 Å². The third-order valence-corrected chi connectivity index (χ3v) is 8.77. The number of carbonyl (C=O) groups is 4. The summed E-state index contributed by atoms with van der Waals surface area (Å²) in [6.45, 7) is 5.15. The van der Waals surface area contributed by atoms with Crippen molar-refractivity contribution in [2.45, 2.75) is 97.3 Å². The zero-order valence-electron chi connectivity index (χ0n) is 34.2. The van der Waals surface area contributed by atoms with Crippen molar-refractivity contribution in [3.05, 3.63) is 48.5 Å². The summed E-state index contributed by atoms with van der Waals surface area (Å²) >= 11 is 0. The van der Waals surface area contributed by atoms with Crippen LogP contribution < -0.4 is 19.3 Å². The summed E-state index contributed by atoms with van der Waals surface area (Å²) in [4.78, 5) is 51.6. The molecule has 0 aromatic heterocycles. The lowest BCUT2D eigenvalue weighted by Gasteiger charge is -2.25. The molecule has 14 heteroatoms. The number of esters is 2. The van der Waals surface area contributed by atoms with Crippen molar-refractivity contribution >= 4 is 35.3 Å². The highest BCUT2D eigenvalue weighted by atomic mass is 16.6. The summed E-state index contributed by atoms with van der Waals surface area (Å²) in [5, 5.41) is 19.2. The Morgan fingerprint density at radius 3 is 1.25 bits per heavy atom. The molecule has 2 N–H and O–H groups in total. The number of carboxylic acid groups (broad SMARTS) is 2. The summed E-state index contributed by atoms with van der Waals surface area (Å²) in [6, 6.07) is 13.7. The number of hydrogen-bond acceptors (Lipinski definition) is 12. The summed E-state index contributed by atoms with van der Waals surface area (Å²) in [5.74, 6) is -2.64. The van der Waals surface area contributed by atoms with E-state index >= 15 is 0 Å². The van der Waals surface area contributed by atoms with Crippen LogP contribution in [0.3, 0.4) is 0 Å². The molecule has 0 heterocycles. The Balaban J connectivity index is 1.84. The molecule has 0 saturated heterocycles. The van der Waals surface area contributed by atoms with Crippen LogP contribution in [0.2, 0.25) is 0 Å². The van der Waals surface area contributed by atoms with Crippen molar-refractivity contribution < 1.29 is 57.8 Å². The van der Waals surface area contributed by atoms with Crippen molar-refractivity contribution in [3.8, 4) is 11.5 Å². The predicted octanol–water partition coefficient (Wildman–Crippen LogP) is 7.16. The number of aliphatic carboxylic acids is 2. The number of carbonyl (C=O) groups excluding carboxylic acids is 2. The molecular weight excluding hydrogens is 736 g/mol. The largest absolute Gasteiger partial charge is 0.491 e. The third kappa shape index (κ3) is 23.3. The fraction of sp³-hybridized carbons (Fsp3) is 0.628. The number of para-hydroxylation sites is 4. The van der Waals surface area contributed by atoms with Crippen molar-refractivity contribution in [1.82, 2.24) is 0 Å². The van der Waals surface area contributed by atoms with Crippen LogP contribution in [-0.2, 0) is 38.1 Å². The molecule has 2 rings (SSSR count). The molecule has 2 aromatic rings. The lowest BCUT2D eigenvalue weighted by molar-refractivity contribution is -0.144. The van der Waals surface area contributed by atoms with Gasteiger partial charge in [0.1, 0.15) is 50.9 Å². The Hall–Kier alpha value is -4.56. The minimum atomic E-state index is -1.12. The van der Waals surface area contributed by atoms with Crippen LogP contribution in [0.15, 0.2) is 48.5 Å². The van der Waals surface area contributed by atoms with E-state index in [4.69, 9.17) is 28.4 Å². The van der Waals surface area contributed by atoms with Crippen molar-refractivity contribution in [2.24, 2.45) is 0 Å². The number of carboxylic acids is 2. The first-order chi connectivity index (χ1) is 27.7. The highest BCUT2D eigenvalue weighted by molar-refractivity contribution is 5.82. The third-order valence-electron chi connectivity index (χ3n) is 8.77. The van der Waals surface area contributed by atoms with Crippen LogP contribution in [-0.4, -0.2) is 113 Å². The van der Waals surface area contributed by atoms with E-state index in [0.717, 1.165) is 25.7 Å². The van der Waals surface area contributed by atoms with Gasteiger partial charge in [-0.1, -0.05) is 102 Å². The van der Waals surface area contributed by atoms with Crippen LogP contribution in [0.5, 0.6) is 11.5 Å². The first-order valence-electron chi connectivity index (χ1n) is 20.6. The Bertz CT molecular complexity index is 1300. The highest BCUT2D eigenvalue weighted by Crippen LogP contribution is 2.30. The average Bonchev–Trinajstić information content (AvgIpc) is 3.18. The molecule has 0 unspecified atom stereocenters. The topological polar surface area (TPSA) is 171 Å². The smallest absolute Gasteiger partial charge is 0.325 e. The van der Waals surface area contributed by atoms with Gasteiger partial charge in [-0.2, -0.15) is 0 Å². The molecule has 2 aromatic carbocycles. The van der Waals surface area contributed by atoms with Gasteiger partial charge < -0.3 is 48.4 Å². The van der Waals surface area contributed by atoms with E-state index in [9.17, 15) is 29.4 Å². The summed E-state index contributed by atoms with van der Waals surface area (Å²) in [6.07, 6.45) is 14.3. The normalized spacial score (nSPS) is 10.8. The first-order valence-corrected chi connectivity index (χ1v) is 20.6. The average molecular weight is 803 g/mol. The molecule has 0 atom stereocenters. The number of nitrogens with zero attached hydrogens (tertiary/aromatic N) is 2. The van der Waals surface area contributed by atoms with Crippen LogP contribution in [0.25, 0.3) is 0 Å². The number of benzene rings is 2. The predicted molar refractivity (Wildman–Crippen MR) is 218 cm³/mol. The fourth-order valence-corrected chi connectivity index (χ4v) is 5.89. The van der Waals surface area contributed by atoms with Crippen LogP contribution >= 0.6 is 0 Å². The Morgan fingerprint density at radius 2 is 0.842 bits per heavy atom. The maximum absolute atomic E-state index is 12.7. The second-order valence-corrected chi connectivity index (χ2v) is 13.7. The molecule has 0 spiro atoms. The lowest BCUT2D eigenvalue weighted by atomic mass is 10.1. The molecule has 0 fully saturated rings. The van der Waals surface area contributed by atoms with Gasteiger partial charge in [0.15, 0.2) is 0 Å². The number of unbranched alkanes of at least 4 members (excludes halogenated alkanes) is 10. The molecule has 0 aliphatic carbocycles. The van der Waals surface area contributed by atoms with E-state index < -0.39 is 37.0 Å². The highest BCUT2D eigenvalue weighted by Gasteiger charge is 2.21. The van der Waals surface area contributed by atoms with Crippen LogP contribution in [0.1, 0.15) is 97.3 Å². The van der Waals surface area contributed by atoms with Crippen molar-refractivity contribution in [2.75, 3.05) is 88.8 Å². The van der Waals surface area contributed by atoms with Gasteiger partial charge >= 0.3 is 23.9 Å². The number of ether oxygens (including phenoxy) is 6. The van der Waals surface area contributed by atoms with Gasteiger partial charge in [-0.15, -0.1) is 0 Å². The maximum Gasteiger partial charge on any atom is 0.325 e. The zero-order valence-corrected chi connectivity index (χ0v) is 34.2. The molecule has 0 bridgehead atoms. The van der Waals surface area contributed by atoms with E-state index in [-0.39, 0.29) is 52.7 Å². The maximum atomic E-state index is 12.7. The molecule has 0 aliphatic rings. The summed E-state index contributed by atoms with van der Waals surface area (Å²) in [7, 11) is 0. The quantitative estimate of drug-likeness (QED) is 0.0526. The minimum Gasteiger partial charge on any atom is -0.491 e. The van der Waals surface area contributed by atoms with Gasteiger partial charge in [-0.3, -0.25) is 19.2 Å². The molecule has 57 heavy (non-hydrogen) atoms. The molecule has 0 amide bonds. The second kappa shape index (κ2) is 31.5. The van der Waals surface area contributed by atoms with Gasteiger partial charge in [0, 0.05) is 19.6 Å². The molecule has 0 radical (unpaired) electrons. The summed E-state index contributed by atoms with van der Waals surface area (Å²) < 4.78 is 33.8. The van der Waals surface area contributed by atoms with Crippen molar-refractivity contribution in [1.29, 1.82) is 0 Å². The van der Waals surface area contributed by atoms with E-state index in [1.165, 1.54) is 61.2 Å². The molecule has 0 saturated carbocycles. The first kappa shape index (κ1) is 48.6. The lowest BCUT2D eigenvalue weighted by Crippen LogP contribution is -2.36.